The third-order valence-electron chi connectivity index (χ3n) is 4.43. The quantitative estimate of drug-likeness (QED) is 0.888. The predicted molar refractivity (Wildman–Crippen MR) is 70.6 cm³/mol. The smallest absolute Gasteiger partial charge is 0.227 e. The van der Waals surface area contributed by atoms with E-state index in [1.165, 1.54) is 19.3 Å². The molecule has 0 radical (unpaired) electrons. The molecule has 2 saturated carbocycles. The van der Waals surface area contributed by atoms with Crippen LogP contribution < -0.4 is 10.1 Å². The monoisotopic (exact) mass is 245 g/mol. The highest BCUT2D eigenvalue weighted by Gasteiger charge is 2.42. The molecule has 2 fully saturated rings. The number of carbonyl (C=O) groups excluding carboxylic acids is 1. The molecule has 1 N–H and O–H groups in total. The number of carbonyl (C=O) groups is 1. The Bertz CT molecular complexity index is 440. The molecule has 1 aromatic carbocycles. The lowest BCUT2D eigenvalue weighted by atomic mass is 9.88. The van der Waals surface area contributed by atoms with Crippen molar-refractivity contribution in [3.63, 3.8) is 0 Å². The molecule has 2 aliphatic rings. The Hall–Kier alpha value is -1.51. The normalized spacial score (nSPS) is 29.3. The van der Waals surface area contributed by atoms with Gasteiger partial charge in [-0.2, -0.15) is 0 Å². The van der Waals surface area contributed by atoms with Crippen molar-refractivity contribution in [2.24, 2.45) is 17.8 Å². The summed E-state index contributed by atoms with van der Waals surface area (Å²) in [5.41, 5.74) is 0.864. The summed E-state index contributed by atoms with van der Waals surface area (Å²) in [6.07, 6.45) is 4.93. The van der Waals surface area contributed by atoms with Crippen LogP contribution in [0.2, 0.25) is 0 Å². The molecule has 96 valence electrons. The van der Waals surface area contributed by atoms with Gasteiger partial charge in [0, 0.05) is 11.6 Å². The maximum absolute atomic E-state index is 12.2. The largest absolute Gasteiger partial charge is 0.497 e. The van der Waals surface area contributed by atoms with Gasteiger partial charge in [-0.3, -0.25) is 4.79 Å². The number of rotatable bonds is 3. The van der Waals surface area contributed by atoms with Crippen molar-refractivity contribution in [3.05, 3.63) is 24.3 Å². The van der Waals surface area contributed by atoms with E-state index in [-0.39, 0.29) is 11.8 Å². The van der Waals surface area contributed by atoms with Gasteiger partial charge < -0.3 is 10.1 Å². The van der Waals surface area contributed by atoms with Crippen molar-refractivity contribution < 1.29 is 9.53 Å². The van der Waals surface area contributed by atoms with Crippen LogP contribution in [0.5, 0.6) is 5.75 Å². The number of nitrogens with one attached hydrogen (secondary N) is 1. The first kappa shape index (κ1) is 11.6. The van der Waals surface area contributed by atoms with E-state index in [2.05, 4.69) is 5.32 Å². The van der Waals surface area contributed by atoms with E-state index in [4.69, 9.17) is 4.74 Å². The molecule has 0 spiro atoms. The molecule has 18 heavy (non-hydrogen) atoms. The maximum Gasteiger partial charge on any atom is 0.227 e. The van der Waals surface area contributed by atoms with E-state index < -0.39 is 0 Å². The highest BCUT2D eigenvalue weighted by atomic mass is 16.5. The molecule has 0 aromatic heterocycles. The maximum atomic E-state index is 12.2. The van der Waals surface area contributed by atoms with E-state index in [9.17, 15) is 4.79 Å². The zero-order chi connectivity index (χ0) is 12.5. The Balaban J connectivity index is 1.63. The molecular weight excluding hydrogens is 226 g/mol. The molecule has 0 unspecified atom stereocenters. The number of hydrogen-bond donors (Lipinski definition) is 1. The molecule has 0 saturated heterocycles. The van der Waals surface area contributed by atoms with Gasteiger partial charge in [-0.25, -0.2) is 0 Å². The minimum atomic E-state index is 0.201. The lowest BCUT2D eigenvalue weighted by Gasteiger charge is -2.20. The second-order valence-electron chi connectivity index (χ2n) is 5.50. The minimum Gasteiger partial charge on any atom is -0.497 e. The summed E-state index contributed by atoms with van der Waals surface area (Å²) in [6.45, 7) is 0. The van der Waals surface area contributed by atoms with Crippen LogP contribution in [0.1, 0.15) is 25.7 Å². The van der Waals surface area contributed by atoms with Crippen LogP contribution in [0.4, 0.5) is 5.69 Å². The molecular formula is C15H19NO2. The lowest BCUT2D eigenvalue weighted by molar-refractivity contribution is -0.121. The number of benzene rings is 1. The van der Waals surface area contributed by atoms with Crippen LogP contribution in [0.3, 0.4) is 0 Å². The van der Waals surface area contributed by atoms with Crippen molar-refractivity contribution in [3.8, 4) is 5.75 Å². The van der Waals surface area contributed by atoms with Gasteiger partial charge in [0.2, 0.25) is 5.91 Å². The number of fused-ring (bicyclic) bond motifs is 2. The van der Waals surface area contributed by atoms with Crippen LogP contribution in [0.15, 0.2) is 24.3 Å². The molecule has 1 amide bonds. The number of methoxy groups -OCH3 is 1. The van der Waals surface area contributed by atoms with Gasteiger partial charge >= 0.3 is 0 Å². The Morgan fingerprint density at radius 2 is 2.00 bits per heavy atom. The molecule has 3 heteroatoms. The summed E-state index contributed by atoms with van der Waals surface area (Å²) in [5.74, 6) is 2.70. The number of hydrogen-bond acceptors (Lipinski definition) is 2. The predicted octanol–water partition coefficient (Wildman–Crippen LogP) is 3.07. The molecule has 3 rings (SSSR count). The first-order valence-corrected chi connectivity index (χ1v) is 6.71. The second kappa shape index (κ2) is 4.63. The zero-order valence-corrected chi connectivity index (χ0v) is 10.7. The van der Waals surface area contributed by atoms with Crippen LogP contribution in [0, 0.1) is 17.8 Å². The summed E-state index contributed by atoms with van der Waals surface area (Å²) in [7, 11) is 1.64. The van der Waals surface area contributed by atoms with Gasteiger partial charge in [-0.05, 0) is 55.4 Å². The van der Waals surface area contributed by atoms with Gasteiger partial charge in [0.15, 0.2) is 0 Å². The van der Waals surface area contributed by atoms with Crippen LogP contribution in [-0.2, 0) is 4.79 Å². The molecule has 2 aliphatic carbocycles. The minimum absolute atomic E-state index is 0.201. The molecule has 3 atom stereocenters. The van der Waals surface area contributed by atoms with Gasteiger partial charge in [0.1, 0.15) is 5.75 Å². The van der Waals surface area contributed by atoms with Crippen molar-refractivity contribution in [1.29, 1.82) is 0 Å². The van der Waals surface area contributed by atoms with Gasteiger partial charge in [-0.15, -0.1) is 0 Å². The highest BCUT2D eigenvalue weighted by Crippen LogP contribution is 2.48. The lowest BCUT2D eigenvalue weighted by Crippen LogP contribution is -2.27. The SMILES string of the molecule is COc1ccc(NC(=O)[C@@H]2C[C@H]3CC[C@H]2C3)cc1. The van der Waals surface area contributed by atoms with E-state index in [1.54, 1.807) is 7.11 Å². The van der Waals surface area contributed by atoms with E-state index >= 15 is 0 Å². The topological polar surface area (TPSA) is 38.3 Å². The molecule has 1 aromatic rings. The Kier molecular flexibility index (Phi) is 2.98. The van der Waals surface area contributed by atoms with E-state index in [0.29, 0.717) is 5.92 Å². The first-order valence-electron chi connectivity index (χ1n) is 6.71. The average molecular weight is 245 g/mol. The fourth-order valence-corrected chi connectivity index (χ4v) is 3.48. The summed E-state index contributed by atoms with van der Waals surface area (Å²) < 4.78 is 5.10. The van der Waals surface area contributed by atoms with Gasteiger partial charge in [0.25, 0.3) is 0 Å². The highest BCUT2D eigenvalue weighted by molar-refractivity contribution is 5.93. The van der Waals surface area contributed by atoms with Crippen molar-refractivity contribution >= 4 is 11.6 Å². The third kappa shape index (κ3) is 2.09. The molecule has 0 heterocycles. The third-order valence-corrected chi connectivity index (χ3v) is 4.43. The fraction of sp³-hybridized carbons (Fsp3) is 0.533. The number of anilines is 1. The van der Waals surface area contributed by atoms with Crippen molar-refractivity contribution in [2.75, 3.05) is 12.4 Å². The Morgan fingerprint density at radius 1 is 1.22 bits per heavy atom. The molecule has 2 bridgehead atoms. The molecule has 3 nitrogen and oxygen atoms in total. The Labute approximate surface area is 108 Å². The number of ether oxygens (including phenoxy) is 1. The summed E-state index contributed by atoms with van der Waals surface area (Å²) in [4.78, 5) is 12.2. The van der Waals surface area contributed by atoms with Gasteiger partial charge in [-0.1, -0.05) is 6.42 Å². The van der Waals surface area contributed by atoms with Gasteiger partial charge in [0.05, 0.1) is 7.11 Å². The zero-order valence-electron chi connectivity index (χ0n) is 10.7. The average Bonchev–Trinajstić information content (AvgIpc) is 3.02. The van der Waals surface area contributed by atoms with E-state index in [1.807, 2.05) is 24.3 Å². The van der Waals surface area contributed by atoms with Crippen LogP contribution >= 0.6 is 0 Å². The standard InChI is InChI=1S/C15H19NO2/c1-18-13-6-4-12(5-7-13)16-15(17)14-9-10-2-3-11(14)8-10/h4-7,10-11,14H,2-3,8-9H2,1H3,(H,16,17)/t10-,11-,14+/m0/s1. The number of amides is 1. The molecule has 0 aliphatic heterocycles. The summed E-state index contributed by atoms with van der Waals surface area (Å²) in [6, 6.07) is 7.53. The Morgan fingerprint density at radius 3 is 2.56 bits per heavy atom. The van der Waals surface area contributed by atoms with E-state index in [0.717, 1.165) is 23.8 Å². The van der Waals surface area contributed by atoms with Crippen molar-refractivity contribution in [1.82, 2.24) is 0 Å². The second-order valence-corrected chi connectivity index (χ2v) is 5.50. The fourth-order valence-electron chi connectivity index (χ4n) is 3.48. The summed E-state index contributed by atoms with van der Waals surface area (Å²) >= 11 is 0. The first-order chi connectivity index (χ1) is 8.76. The van der Waals surface area contributed by atoms with Crippen LogP contribution in [-0.4, -0.2) is 13.0 Å². The van der Waals surface area contributed by atoms with Crippen molar-refractivity contribution in [2.45, 2.75) is 25.7 Å². The van der Waals surface area contributed by atoms with Crippen LogP contribution in [0.25, 0.3) is 0 Å². The summed E-state index contributed by atoms with van der Waals surface area (Å²) in [5, 5.41) is 3.03.